The van der Waals surface area contributed by atoms with Gasteiger partial charge in [-0.25, -0.2) is 0 Å². The maximum atomic E-state index is 11.2. The van der Waals surface area contributed by atoms with Gasteiger partial charge in [0.25, 0.3) is 5.56 Å². The number of rotatable bonds is 3. The first-order chi connectivity index (χ1) is 7.29. The molecule has 4 nitrogen and oxygen atoms in total. The third kappa shape index (κ3) is 2.31. The predicted octanol–water partition coefficient (Wildman–Crippen LogP) is 0.812. The summed E-state index contributed by atoms with van der Waals surface area (Å²) in [4.78, 5) is 16.2. The van der Waals surface area contributed by atoms with Crippen molar-refractivity contribution in [3.8, 4) is 0 Å². The fourth-order valence-electron chi connectivity index (χ4n) is 1.31. The fourth-order valence-corrected chi connectivity index (χ4v) is 2.02. The summed E-state index contributed by atoms with van der Waals surface area (Å²) < 4.78 is 1.87. The van der Waals surface area contributed by atoms with Crippen LogP contribution in [0.3, 0.4) is 0 Å². The summed E-state index contributed by atoms with van der Waals surface area (Å²) in [5.74, 6) is 0. The normalized spacial score (nSPS) is 10.5. The highest BCUT2D eigenvalue weighted by Gasteiger charge is 2.00. The molecule has 0 fully saturated rings. The van der Waals surface area contributed by atoms with E-state index in [0.717, 1.165) is 6.54 Å². The fraction of sp³-hybridized carbons (Fsp3) is 0.200. The third-order valence-corrected chi connectivity index (χ3v) is 2.92. The van der Waals surface area contributed by atoms with Gasteiger partial charge in [-0.3, -0.25) is 4.79 Å². The van der Waals surface area contributed by atoms with E-state index in [1.807, 2.05) is 22.1 Å². The molecule has 0 radical (unpaired) electrons. The summed E-state index contributed by atoms with van der Waals surface area (Å²) in [5, 5.41) is 2.02. The Kier molecular flexibility index (Phi) is 2.94. The van der Waals surface area contributed by atoms with Crippen LogP contribution in [0.2, 0.25) is 0 Å². The Morgan fingerprint density at radius 1 is 1.53 bits per heavy atom. The summed E-state index contributed by atoms with van der Waals surface area (Å²) in [6.45, 7) is 0.967. The number of hydrogen-bond donors (Lipinski definition) is 1. The molecule has 0 aliphatic carbocycles. The van der Waals surface area contributed by atoms with Crippen LogP contribution in [0.25, 0.3) is 0 Å². The molecular formula is C10H11N3OS. The van der Waals surface area contributed by atoms with E-state index in [4.69, 9.17) is 5.73 Å². The Bertz CT molecular complexity index is 490. The molecule has 0 saturated carbocycles. The zero-order chi connectivity index (χ0) is 10.7. The van der Waals surface area contributed by atoms with Crippen LogP contribution in [0, 0.1) is 0 Å². The van der Waals surface area contributed by atoms with Crippen LogP contribution in [0.1, 0.15) is 10.4 Å². The quantitative estimate of drug-likeness (QED) is 0.834. The molecule has 2 aromatic heterocycles. The molecule has 0 aromatic carbocycles. The van der Waals surface area contributed by atoms with Crippen LogP contribution >= 0.6 is 11.3 Å². The van der Waals surface area contributed by atoms with Gasteiger partial charge in [-0.2, -0.15) is 4.98 Å². The molecule has 2 aromatic rings. The van der Waals surface area contributed by atoms with Gasteiger partial charge < -0.3 is 10.3 Å². The van der Waals surface area contributed by atoms with E-state index in [2.05, 4.69) is 4.98 Å². The maximum Gasteiger partial charge on any atom is 0.277 e. The zero-order valence-electron chi connectivity index (χ0n) is 8.09. The molecule has 78 valence electrons. The van der Waals surface area contributed by atoms with Gasteiger partial charge in [0.1, 0.15) is 0 Å². The van der Waals surface area contributed by atoms with E-state index < -0.39 is 0 Å². The van der Waals surface area contributed by atoms with E-state index in [1.165, 1.54) is 4.88 Å². The first kappa shape index (κ1) is 10.1. The van der Waals surface area contributed by atoms with Crippen LogP contribution in [-0.4, -0.2) is 9.55 Å². The highest BCUT2D eigenvalue weighted by molar-refractivity contribution is 7.09. The first-order valence-electron chi connectivity index (χ1n) is 4.57. The SMILES string of the molecule is NCc1cn(Cc2cccs2)cnc1=O. The van der Waals surface area contributed by atoms with Crippen molar-refractivity contribution < 1.29 is 0 Å². The number of nitrogens with zero attached hydrogens (tertiary/aromatic N) is 2. The van der Waals surface area contributed by atoms with E-state index in [9.17, 15) is 4.79 Å². The lowest BCUT2D eigenvalue weighted by atomic mass is 10.3. The van der Waals surface area contributed by atoms with E-state index >= 15 is 0 Å². The highest BCUT2D eigenvalue weighted by atomic mass is 32.1. The molecule has 2 rings (SSSR count). The van der Waals surface area contributed by atoms with Crippen LogP contribution in [-0.2, 0) is 13.1 Å². The van der Waals surface area contributed by atoms with Gasteiger partial charge in [0.2, 0.25) is 0 Å². The molecule has 5 heteroatoms. The number of aromatic nitrogens is 2. The Morgan fingerprint density at radius 3 is 3.07 bits per heavy atom. The second-order valence-corrected chi connectivity index (χ2v) is 4.19. The minimum absolute atomic E-state index is 0.233. The lowest BCUT2D eigenvalue weighted by Gasteiger charge is -2.04. The number of thiophene rings is 1. The summed E-state index contributed by atoms with van der Waals surface area (Å²) in [6.07, 6.45) is 3.30. The predicted molar refractivity (Wildman–Crippen MR) is 59.8 cm³/mol. The van der Waals surface area contributed by atoms with Crippen molar-refractivity contribution in [1.29, 1.82) is 0 Å². The van der Waals surface area contributed by atoms with Crippen molar-refractivity contribution in [2.75, 3.05) is 0 Å². The standard InChI is InChI=1S/C10H11N3OS/c11-4-8-5-13(7-12-10(8)14)6-9-2-1-3-15-9/h1-3,5,7H,4,6,11H2. The Labute approximate surface area is 91.0 Å². The van der Waals surface area contributed by atoms with Crippen molar-refractivity contribution in [3.63, 3.8) is 0 Å². The van der Waals surface area contributed by atoms with Crippen LogP contribution < -0.4 is 11.3 Å². The van der Waals surface area contributed by atoms with Gasteiger partial charge >= 0.3 is 0 Å². The van der Waals surface area contributed by atoms with E-state index in [1.54, 1.807) is 23.9 Å². The lowest BCUT2D eigenvalue weighted by Crippen LogP contribution is -2.19. The second kappa shape index (κ2) is 4.37. The zero-order valence-corrected chi connectivity index (χ0v) is 8.91. The van der Waals surface area contributed by atoms with Gasteiger partial charge in [-0.15, -0.1) is 11.3 Å². The molecule has 0 spiro atoms. The molecule has 0 saturated heterocycles. The van der Waals surface area contributed by atoms with Crippen LogP contribution in [0.15, 0.2) is 34.8 Å². The first-order valence-corrected chi connectivity index (χ1v) is 5.45. The van der Waals surface area contributed by atoms with Gasteiger partial charge in [-0.1, -0.05) is 6.07 Å². The smallest absolute Gasteiger partial charge is 0.277 e. The topological polar surface area (TPSA) is 60.9 Å². The van der Waals surface area contributed by atoms with Gasteiger partial charge in [0.15, 0.2) is 0 Å². The molecule has 0 amide bonds. The molecule has 0 aliphatic rings. The van der Waals surface area contributed by atoms with E-state index in [-0.39, 0.29) is 12.1 Å². The Morgan fingerprint density at radius 2 is 2.40 bits per heavy atom. The van der Waals surface area contributed by atoms with Gasteiger partial charge in [0, 0.05) is 23.2 Å². The average molecular weight is 221 g/mol. The molecule has 15 heavy (non-hydrogen) atoms. The lowest BCUT2D eigenvalue weighted by molar-refractivity contribution is 0.752. The number of nitrogens with two attached hydrogens (primary N) is 1. The second-order valence-electron chi connectivity index (χ2n) is 3.16. The largest absolute Gasteiger partial charge is 0.333 e. The van der Waals surface area contributed by atoms with Crippen molar-refractivity contribution >= 4 is 11.3 Å². The summed E-state index contributed by atoms with van der Waals surface area (Å²) in [5.41, 5.74) is 5.76. The van der Waals surface area contributed by atoms with Crippen molar-refractivity contribution in [2.45, 2.75) is 13.1 Å². The van der Waals surface area contributed by atoms with Gasteiger partial charge in [-0.05, 0) is 11.4 Å². The van der Waals surface area contributed by atoms with Crippen molar-refractivity contribution in [3.05, 3.63) is 50.8 Å². The molecule has 0 bridgehead atoms. The average Bonchev–Trinajstić information content (AvgIpc) is 2.73. The van der Waals surface area contributed by atoms with Crippen LogP contribution in [0.5, 0.6) is 0 Å². The van der Waals surface area contributed by atoms with Crippen molar-refractivity contribution in [1.82, 2.24) is 9.55 Å². The Balaban J connectivity index is 2.26. The van der Waals surface area contributed by atoms with Gasteiger partial charge in [0.05, 0.1) is 12.9 Å². The Hall–Kier alpha value is -1.46. The summed E-state index contributed by atoms with van der Waals surface area (Å²) >= 11 is 1.68. The molecule has 0 aliphatic heterocycles. The van der Waals surface area contributed by atoms with Crippen molar-refractivity contribution in [2.24, 2.45) is 5.73 Å². The minimum atomic E-state index is -0.236. The molecule has 2 heterocycles. The highest BCUT2D eigenvalue weighted by Crippen LogP contribution is 2.09. The van der Waals surface area contributed by atoms with Crippen LogP contribution in [0.4, 0.5) is 0 Å². The van der Waals surface area contributed by atoms with E-state index in [0.29, 0.717) is 5.56 Å². The summed E-state index contributed by atoms with van der Waals surface area (Å²) in [6, 6.07) is 4.05. The molecular weight excluding hydrogens is 210 g/mol. The molecule has 2 N–H and O–H groups in total. The monoisotopic (exact) mass is 221 g/mol. The molecule has 0 unspecified atom stereocenters. The minimum Gasteiger partial charge on any atom is -0.333 e. The summed E-state index contributed by atoms with van der Waals surface area (Å²) in [7, 11) is 0. The maximum absolute atomic E-state index is 11.2. The molecule has 0 atom stereocenters. The number of hydrogen-bond acceptors (Lipinski definition) is 4. The third-order valence-electron chi connectivity index (χ3n) is 2.06.